The van der Waals surface area contributed by atoms with Gasteiger partial charge < -0.3 is 4.74 Å². The van der Waals surface area contributed by atoms with Gasteiger partial charge in [-0.2, -0.15) is 34.8 Å². The molecule has 0 aliphatic heterocycles. The number of sulfonamides is 1. The Kier molecular flexibility index (Phi) is 6.52. The lowest BCUT2D eigenvalue weighted by molar-refractivity contribution is -0.153. The fourth-order valence-electron chi connectivity index (χ4n) is 1.74. The molecule has 1 unspecified atom stereocenters. The Morgan fingerprint density at radius 1 is 0.929 bits per heavy atom. The Bertz CT molecular complexity index is 950. The molecule has 0 fully saturated rings. The summed E-state index contributed by atoms with van der Waals surface area (Å²) in [7, 11) is -12.7. The Labute approximate surface area is 157 Å². The lowest BCUT2D eigenvalue weighted by Gasteiger charge is -2.19. The van der Waals surface area contributed by atoms with E-state index in [2.05, 4.69) is 0 Å². The minimum Gasteiger partial charge on any atom is -0.460 e. The largest absolute Gasteiger partial charge is 0.519 e. The minimum absolute atomic E-state index is 0.0978. The summed E-state index contributed by atoms with van der Waals surface area (Å²) >= 11 is 0. The molecule has 0 spiro atoms. The van der Waals surface area contributed by atoms with Crippen LogP contribution in [-0.4, -0.2) is 35.2 Å². The van der Waals surface area contributed by atoms with Crippen molar-refractivity contribution in [3.8, 4) is 0 Å². The number of ether oxygens (including phenoxy) is 1. The van der Waals surface area contributed by atoms with Crippen LogP contribution in [0, 0.1) is 0 Å². The van der Waals surface area contributed by atoms with E-state index in [0.29, 0.717) is 12.1 Å². The van der Waals surface area contributed by atoms with Crippen molar-refractivity contribution in [3.63, 3.8) is 0 Å². The van der Waals surface area contributed by atoms with E-state index in [1.165, 1.54) is 0 Å². The van der Waals surface area contributed by atoms with Gasteiger partial charge in [0.25, 0.3) is 0 Å². The van der Waals surface area contributed by atoms with Gasteiger partial charge in [-0.25, -0.2) is 4.21 Å². The van der Waals surface area contributed by atoms with Gasteiger partial charge in [-0.15, -0.1) is 0 Å². The molecule has 0 saturated carbocycles. The van der Waals surface area contributed by atoms with E-state index < -0.39 is 47.2 Å². The average molecular weight is 455 g/mol. The molecule has 28 heavy (non-hydrogen) atoms. The van der Waals surface area contributed by atoms with Crippen molar-refractivity contribution in [2.75, 3.05) is 0 Å². The predicted octanol–water partition coefficient (Wildman–Crippen LogP) is 3.77. The average Bonchev–Trinajstić information content (AvgIpc) is 2.42. The molecule has 0 heterocycles. The van der Waals surface area contributed by atoms with E-state index in [4.69, 9.17) is 4.74 Å². The first-order chi connectivity index (χ1) is 12.3. The highest BCUT2D eigenvalue weighted by molar-refractivity contribution is 8.04. The van der Waals surface area contributed by atoms with Crippen molar-refractivity contribution in [1.29, 1.82) is 0 Å². The molecule has 1 rings (SSSR count). The third-order valence-electron chi connectivity index (χ3n) is 2.82. The number of esters is 1. The zero-order valence-electron chi connectivity index (χ0n) is 14.6. The highest BCUT2D eigenvalue weighted by Crippen LogP contribution is 2.36. The SMILES string of the molecule is CC(C)(C)OC(=O)Cc1ccc(S(=O)(=NS(=O)(=O)C(F)(F)F)C(F)(F)F)cc1. The van der Waals surface area contributed by atoms with Gasteiger partial charge in [-0.1, -0.05) is 15.9 Å². The smallest absolute Gasteiger partial charge is 0.460 e. The summed E-state index contributed by atoms with van der Waals surface area (Å²) in [5, 5.41) is 0. The summed E-state index contributed by atoms with van der Waals surface area (Å²) in [5.41, 5.74) is -12.8. The molecule has 0 aliphatic carbocycles. The normalized spacial score (nSPS) is 15.6. The van der Waals surface area contributed by atoms with Gasteiger partial charge in [0.15, 0.2) is 9.73 Å². The summed E-state index contributed by atoms with van der Waals surface area (Å²) in [6.07, 6.45) is -0.386. The molecule has 1 aromatic rings. The van der Waals surface area contributed by atoms with E-state index in [0.717, 1.165) is 12.1 Å². The van der Waals surface area contributed by atoms with Crippen molar-refractivity contribution in [3.05, 3.63) is 29.8 Å². The number of hydrogen-bond donors (Lipinski definition) is 0. The molecule has 160 valence electrons. The van der Waals surface area contributed by atoms with Crippen LogP contribution in [0.5, 0.6) is 0 Å². The predicted molar refractivity (Wildman–Crippen MR) is 85.9 cm³/mol. The summed E-state index contributed by atoms with van der Waals surface area (Å²) in [4.78, 5) is 10.4. The molecule has 0 aromatic heterocycles. The zero-order chi connectivity index (χ0) is 22.2. The molecule has 14 heteroatoms. The fourth-order valence-corrected chi connectivity index (χ4v) is 4.63. The molecule has 6 nitrogen and oxygen atoms in total. The van der Waals surface area contributed by atoms with E-state index in [1.807, 2.05) is 0 Å². The summed E-state index contributed by atoms with van der Waals surface area (Å²) in [5.74, 6) is -0.735. The van der Waals surface area contributed by atoms with Crippen LogP contribution < -0.4 is 0 Å². The number of carbonyl (C=O) groups is 1. The van der Waals surface area contributed by atoms with Crippen molar-refractivity contribution in [2.24, 2.45) is 3.77 Å². The van der Waals surface area contributed by atoms with Crippen molar-refractivity contribution < 1.29 is 48.5 Å². The number of rotatable bonds is 4. The van der Waals surface area contributed by atoms with Gasteiger partial charge in [0.1, 0.15) is 5.60 Å². The second-order valence-corrected chi connectivity index (χ2v) is 10.4. The van der Waals surface area contributed by atoms with Crippen molar-refractivity contribution in [2.45, 2.75) is 48.7 Å². The maximum Gasteiger partial charge on any atom is 0.519 e. The van der Waals surface area contributed by atoms with Crippen LogP contribution in [0.2, 0.25) is 0 Å². The second-order valence-electron chi connectivity index (χ2n) is 6.37. The molecular formula is C14H15F6NO5S2. The highest BCUT2D eigenvalue weighted by atomic mass is 32.3. The highest BCUT2D eigenvalue weighted by Gasteiger charge is 2.52. The zero-order valence-corrected chi connectivity index (χ0v) is 16.2. The van der Waals surface area contributed by atoms with Gasteiger partial charge in [-0.05, 0) is 38.5 Å². The van der Waals surface area contributed by atoms with E-state index in [-0.39, 0.29) is 12.0 Å². The van der Waals surface area contributed by atoms with E-state index in [9.17, 15) is 43.8 Å². The number of alkyl halides is 6. The monoisotopic (exact) mass is 455 g/mol. The maximum atomic E-state index is 13.1. The molecule has 1 aromatic carbocycles. The quantitative estimate of drug-likeness (QED) is 0.509. The Hall–Kier alpha value is -1.83. The van der Waals surface area contributed by atoms with Crippen molar-refractivity contribution in [1.82, 2.24) is 0 Å². The van der Waals surface area contributed by atoms with Crippen LogP contribution in [0.1, 0.15) is 26.3 Å². The van der Waals surface area contributed by atoms with Gasteiger partial charge in [0, 0.05) is 0 Å². The first-order valence-corrected chi connectivity index (χ1v) is 10.2. The van der Waals surface area contributed by atoms with Crippen LogP contribution in [0.3, 0.4) is 0 Å². The standard InChI is InChI=1S/C14H15F6NO5S2/c1-12(2,3)26-11(22)8-9-4-6-10(7-5-9)27(23,13(15,16)17)21-28(24,25)14(18,19)20/h4-7H,8H2,1-3H3. The topological polar surface area (TPSA) is 89.9 Å². The van der Waals surface area contributed by atoms with E-state index >= 15 is 0 Å². The molecule has 1 atom stereocenters. The first-order valence-electron chi connectivity index (χ1n) is 7.25. The minimum atomic E-state index is -6.68. The molecule has 0 aliphatic rings. The summed E-state index contributed by atoms with van der Waals surface area (Å²) in [6, 6.07) is 2.73. The van der Waals surface area contributed by atoms with Gasteiger partial charge >= 0.3 is 27.0 Å². The molecule has 0 saturated heterocycles. The maximum absolute atomic E-state index is 13.1. The van der Waals surface area contributed by atoms with Gasteiger partial charge in [0.05, 0.1) is 11.3 Å². The summed E-state index contributed by atoms with van der Waals surface area (Å²) < 4.78 is 117. The van der Waals surface area contributed by atoms with Crippen LogP contribution in [0.15, 0.2) is 32.9 Å². The molecule has 0 N–H and O–H groups in total. The molecular weight excluding hydrogens is 440 g/mol. The number of hydrogen-bond acceptors (Lipinski definition) is 5. The van der Waals surface area contributed by atoms with Crippen molar-refractivity contribution >= 4 is 25.7 Å². The number of nitrogens with zero attached hydrogens (tertiary/aromatic N) is 1. The molecule has 0 radical (unpaired) electrons. The van der Waals surface area contributed by atoms with Crippen LogP contribution in [-0.2, 0) is 35.7 Å². The summed E-state index contributed by atoms with van der Waals surface area (Å²) in [6.45, 7) is 4.74. The third kappa shape index (κ3) is 5.83. The Morgan fingerprint density at radius 3 is 1.75 bits per heavy atom. The third-order valence-corrected chi connectivity index (χ3v) is 6.57. The van der Waals surface area contributed by atoms with Crippen LogP contribution in [0.25, 0.3) is 0 Å². The Morgan fingerprint density at radius 2 is 1.39 bits per heavy atom. The number of carbonyl (C=O) groups excluding carboxylic acids is 1. The molecule has 0 amide bonds. The van der Waals surface area contributed by atoms with Gasteiger partial charge in [-0.3, -0.25) is 4.79 Å². The Balaban J connectivity index is 3.38. The van der Waals surface area contributed by atoms with E-state index in [1.54, 1.807) is 24.5 Å². The van der Waals surface area contributed by atoms with Crippen LogP contribution in [0.4, 0.5) is 26.3 Å². The lowest BCUT2D eigenvalue weighted by atomic mass is 10.1. The lowest BCUT2D eigenvalue weighted by Crippen LogP contribution is -2.28. The molecule has 0 bridgehead atoms. The fraction of sp³-hybridized carbons (Fsp3) is 0.500. The van der Waals surface area contributed by atoms with Gasteiger partial charge in [0.2, 0.25) is 0 Å². The number of benzene rings is 1. The second kappa shape index (κ2) is 7.54. The van der Waals surface area contributed by atoms with Crippen LogP contribution >= 0.6 is 0 Å². The first kappa shape index (κ1) is 24.2. The number of halogens is 6.